The van der Waals surface area contributed by atoms with E-state index in [-0.39, 0.29) is 12.5 Å². The molecule has 0 atom stereocenters. The van der Waals surface area contributed by atoms with Gasteiger partial charge < -0.3 is 19.3 Å². The largest absolute Gasteiger partial charge is 0.484 e. The number of ether oxygens (including phenoxy) is 2. The van der Waals surface area contributed by atoms with Gasteiger partial charge >= 0.3 is 0 Å². The summed E-state index contributed by atoms with van der Waals surface area (Å²) in [6.07, 6.45) is 3.45. The average Bonchev–Trinajstić information content (AvgIpc) is 2.80. The Balaban J connectivity index is 1.23. The van der Waals surface area contributed by atoms with Crippen molar-refractivity contribution in [3.63, 3.8) is 0 Å². The molecule has 1 aromatic heterocycles. The van der Waals surface area contributed by atoms with Crippen molar-refractivity contribution in [2.75, 3.05) is 37.7 Å². The molecule has 1 aliphatic rings. The van der Waals surface area contributed by atoms with Gasteiger partial charge in [0.25, 0.3) is 5.91 Å². The van der Waals surface area contributed by atoms with Crippen LogP contribution >= 0.6 is 0 Å². The van der Waals surface area contributed by atoms with E-state index in [1.807, 2.05) is 60.4 Å². The molecule has 1 saturated heterocycles. The van der Waals surface area contributed by atoms with Gasteiger partial charge in [-0.1, -0.05) is 17.7 Å². The highest BCUT2D eigenvalue weighted by atomic mass is 16.5. The van der Waals surface area contributed by atoms with Crippen LogP contribution in [0.25, 0.3) is 0 Å². The molecular weight excluding hydrogens is 380 g/mol. The molecule has 1 aliphatic heterocycles. The van der Waals surface area contributed by atoms with Crippen LogP contribution in [0.2, 0.25) is 0 Å². The first-order chi connectivity index (χ1) is 14.7. The number of nitrogens with zero attached hydrogens (tertiary/aromatic N) is 4. The molecule has 1 fully saturated rings. The highest BCUT2D eigenvalue weighted by molar-refractivity contribution is 5.78. The van der Waals surface area contributed by atoms with Crippen LogP contribution < -0.4 is 14.4 Å². The number of carbonyl (C=O) groups is 1. The Morgan fingerprint density at radius 3 is 2.07 bits per heavy atom. The smallest absolute Gasteiger partial charge is 0.260 e. The number of carbonyl (C=O) groups excluding carboxylic acids is 1. The summed E-state index contributed by atoms with van der Waals surface area (Å²) in [5, 5.41) is 0. The molecule has 0 spiro atoms. The molecule has 0 radical (unpaired) electrons. The van der Waals surface area contributed by atoms with Gasteiger partial charge in [-0.15, -0.1) is 0 Å². The van der Waals surface area contributed by atoms with Gasteiger partial charge in [-0.3, -0.25) is 4.79 Å². The number of piperazine rings is 1. The zero-order valence-corrected chi connectivity index (χ0v) is 16.9. The van der Waals surface area contributed by atoms with Crippen molar-refractivity contribution >= 4 is 11.9 Å². The van der Waals surface area contributed by atoms with E-state index in [0.29, 0.717) is 37.9 Å². The molecule has 1 amide bonds. The predicted octanol–water partition coefficient (Wildman–Crippen LogP) is 3.30. The van der Waals surface area contributed by atoms with E-state index in [2.05, 4.69) is 14.9 Å². The average molecular weight is 404 g/mol. The van der Waals surface area contributed by atoms with Crippen LogP contribution in [-0.4, -0.2) is 53.6 Å². The summed E-state index contributed by atoms with van der Waals surface area (Å²) in [5.41, 5.74) is 1.19. The highest BCUT2D eigenvalue weighted by Gasteiger charge is 2.22. The van der Waals surface area contributed by atoms with Crippen LogP contribution in [0.5, 0.6) is 17.2 Å². The van der Waals surface area contributed by atoms with E-state index in [1.165, 1.54) is 5.56 Å². The summed E-state index contributed by atoms with van der Waals surface area (Å²) in [6.45, 7) is 4.73. The van der Waals surface area contributed by atoms with Gasteiger partial charge in [0, 0.05) is 38.6 Å². The fourth-order valence-electron chi connectivity index (χ4n) is 3.19. The Morgan fingerprint density at radius 2 is 1.43 bits per heavy atom. The maximum atomic E-state index is 12.5. The summed E-state index contributed by atoms with van der Waals surface area (Å²) in [5.74, 6) is 2.81. The van der Waals surface area contributed by atoms with Crippen molar-refractivity contribution in [1.82, 2.24) is 14.9 Å². The number of amides is 1. The van der Waals surface area contributed by atoms with Crippen LogP contribution in [0, 0.1) is 6.92 Å². The highest BCUT2D eigenvalue weighted by Crippen LogP contribution is 2.24. The topological polar surface area (TPSA) is 67.8 Å². The maximum Gasteiger partial charge on any atom is 0.260 e. The normalized spacial score (nSPS) is 13.8. The zero-order chi connectivity index (χ0) is 20.8. The van der Waals surface area contributed by atoms with Crippen molar-refractivity contribution in [3.8, 4) is 17.2 Å². The predicted molar refractivity (Wildman–Crippen MR) is 114 cm³/mol. The van der Waals surface area contributed by atoms with Gasteiger partial charge in [0.15, 0.2) is 6.61 Å². The molecule has 4 rings (SSSR count). The molecule has 2 heterocycles. The molecule has 30 heavy (non-hydrogen) atoms. The van der Waals surface area contributed by atoms with Gasteiger partial charge in [0.1, 0.15) is 17.2 Å². The van der Waals surface area contributed by atoms with Gasteiger partial charge in [-0.05, 0) is 49.4 Å². The van der Waals surface area contributed by atoms with Crippen molar-refractivity contribution in [3.05, 3.63) is 72.6 Å². The van der Waals surface area contributed by atoms with Crippen molar-refractivity contribution in [2.45, 2.75) is 6.92 Å². The number of benzene rings is 2. The first-order valence-corrected chi connectivity index (χ1v) is 9.94. The van der Waals surface area contributed by atoms with Crippen molar-refractivity contribution < 1.29 is 14.3 Å². The van der Waals surface area contributed by atoms with E-state index in [0.717, 1.165) is 11.5 Å². The van der Waals surface area contributed by atoms with Gasteiger partial charge in [0.05, 0.1) is 0 Å². The fraction of sp³-hybridized carbons (Fsp3) is 0.261. The minimum atomic E-state index is -0.0244. The molecule has 7 heteroatoms. The molecular formula is C23H24N4O3. The lowest BCUT2D eigenvalue weighted by Crippen LogP contribution is -2.50. The molecule has 0 bridgehead atoms. The molecule has 2 aromatic carbocycles. The second-order valence-corrected chi connectivity index (χ2v) is 7.09. The summed E-state index contributed by atoms with van der Waals surface area (Å²) in [6, 6.07) is 16.9. The number of hydrogen-bond donors (Lipinski definition) is 0. The Morgan fingerprint density at radius 1 is 0.867 bits per heavy atom. The van der Waals surface area contributed by atoms with Gasteiger partial charge in [-0.2, -0.15) is 0 Å². The standard InChI is InChI=1S/C23H24N4O3/c1-18-3-5-20(6-4-18)30-21-9-7-19(8-10-21)29-17-22(28)26-13-15-27(16-14-26)23-24-11-2-12-25-23/h2-12H,13-17H2,1H3. The maximum absolute atomic E-state index is 12.5. The van der Waals surface area contributed by atoms with Gasteiger partial charge in [-0.25, -0.2) is 9.97 Å². The lowest BCUT2D eigenvalue weighted by Gasteiger charge is -2.34. The second kappa shape index (κ2) is 9.26. The molecule has 0 unspecified atom stereocenters. The molecule has 0 aliphatic carbocycles. The van der Waals surface area contributed by atoms with E-state index in [4.69, 9.17) is 9.47 Å². The minimum Gasteiger partial charge on any atom is -0.484 e. The van der Waals surface area contributed by atoms with E-state index in [9.17, 15) is 4.79 Å². The third kappa shape index (κ3) is 5.05. The lowest BCUT2D eigenvalue weighted by atomic mass is 10.2. The quantitative estimate of drug-likeness (QED) is 0.628. The van der Waals surface area contributed by atoms with Crippen LogP contribution in [-0.2, 0) is 4.79 Å². The number of aromatic nitrogens is 2. The van der Waals surface area contributed by atoms with Crippen LogP contribution in [0.1, 0.15) is 5.56 Å². The number of aryl methyl sites for hydroxylation is 1. The molecule has 154 valence electrons. The second-order valence-electron chi connectivity index (χ2n) is 7.09. The van der Waals surface area contributed by atoms with Crippen LogP contribution in [0.3, 0.4) is 0 Å². The van der Waals surface area contributed by atoms with Gasteiger partial charge in [0.2, 0.25) is 5.95 Å². The SMILES string of the molecule is Cc1ccc(Oc2ccc(OCC(=O)N3CCN(c4ncccn4)CC3)cc2)cc1. The van der Waals surface area contributed by atoms with E-state index in [1.54, 1.807) is 18.5 Å². The Bertz CT molecular complexity index is 954. The van der Waals surface area contributed by atoms with E-state index >= 15 is 0 Å². The van der Waals surface area contributed by atoms with Crippen LogP contribution in [0.4, 0.5) is 5.95 Å². The third-order valence-corrected chi connectivity index (χ3v) is 4.91. The number of hydrogen-bond acceptors (Lipinski definition) is 6. The number of anilines is 1. The minimum absolute atomic E-state index is 0.0139. The zero-order valence-electron chi connectivity index (χ0n) is 16.9. The summed E-state index contributed by atoms with van der Waals surface area (Å²) in [7, 11) is 0. The van der Waals surface area contributed by atoms with Crippen molar-refractivity contribution in [1.29, 1.82) is 0 Å². The van der Waals surface area contributed by atoms with E-state index < -0.39 is 0 Å². The first kappa shape index (κ1) is 19.7. The Hall–Kier alpha value is -3.61. The third-order valence-electron chi connectivity index (χ3n) is 4.91. The summed E-state index contributed by atoms with van der Waals surface area (Å²) in [4.78, 5) is 24.9. The molecule has 0 N–H and O–H groups in total. The molecule has 3 aromatic rings. The Labute approximate surface area is 175 Å². The van der Waals surface area contributed by atoms with Crippen LogP contribution in [0.15, 0.2) is 67.0 Å². The summed E-state index contributed by atoms with van der Waals surface area (Å²) < 4.78 is 11.5. The lowest BCUT2D eigenvalue weighted by molar-refractivity contribution is -0.133. The molecule has 0 saturated carbocycles. The number of rotatable bonds is 6. The fourth-order valence-corrected chi connectivity index (χ4v) is 3.19. The molecule has 7 nitrogen and oxygen atoms in total. The summed E-state index contributed by atoms with van der Waals surface area (Å²) >= 11 is 0. The Kier molecular flexibility index (Phi) is 6.08. The monoisotopic (exact) mass is 404 g/mol. The first-order valence-electron chi connectivity index (χ1n) is 9.94. The van der Waals surface area contributed by atoms with Crippen molar-refractivity contribution in [2.24, 2.45) is 0 Å².